The third-order valence-electron chi connectivity index (χ3n) is 1.89. The summed E-state index contributed by atoms with van der Waals surface area (Å²) in [7, 11) is 0. The lowest BCUT2D eigenvalue weighted by Gasteiger charge is -2.19. The number of hydrogen-bond donors (Lipinski definition) is 4. The van der Waals surface area contributed by atoms with Crippen LogP contribution < -0.4 is 5.32 Å². The molecule has 0 unspecified atom stereocenters. The fraction of sp³-hybridized carbons (Fsp3) is 0.889. The molecule has 0 aliphatic carbocycles. The number of aliphatic hydroxyl groups is 2. The first-order valence-corrected chi connectivity index (χ1v) is 4.74. The van der Waals surface area contributed by atoms with Gasteiger partial charge in [-0.3, -0.25) is 0 Å². The van der Waals surface area contributed by atoms with Crippen LogP contribution in [-0.4, -0.2) is 34.2 Å². The van der Waals surface area contributed by atoms with E-state index in [0.29, 0.717) is 5.92 Å². The molecular formula is C9H19NO4. The second-order valence-corrected chi connectivity index (χ2v) is 3.90. The van der Waals surface area contributed by atoms with E-state index < -0.39 is 12.4 Å². The summed E-state index contributed by atoms with van der Waals surface area (Å²) in [5.74, 6) is 0.389. The molecule has 0 radical (unpaired) electrons. The molecule has 0 heterocycles. The van der Waals surface area contributed by atoms with Gasteiger partial charge in [0.25, 0.3) is 0 Å². The molecule has 0 aliphatic heterocycles. The predicted octanol–water partition coefficient (Wildman–Crippen LogP) is 0.617. The molecule has 0 rings (SSSR count). The monoisotopic (exact) mass is 205 g/mol. The molecule has 0 aromatic carbocycles. The Balaban J connectivity index is 3.90. The van der Waals surface area contributed by atoms with E-state index in [-0.39, 0.29) is 18.9 Å². The Labute approximate surface area is 83.8 Å². The van der Waals surface area contributed by atoms with Crippen molar-refractivity contribution in [2.45, 2.75) is 33.0 Å². The number of hydrogen-bond acceptors (Lipinski definition) is 3. The largest absolute Gasteiger partial charge is 0.465 e. The van der Waals surface area contributed by atoms with Crippen molar-refractivity contribution in [2.24, 2.45) is 11.8 Å². The second kappa shape index (κ2) is 6.62. The van der Waals surface area contributed by atoms with E-state index in [2.05, 4.69) is 5.32 Å². The number of nitrogens with one attached hydrogen (secondary N) is 1. The van der Waals surface area contributed by atoms with Gasteiger partial charge in [-0.25, -0.2) is 4.79 Å². The summed E-state index contributed by atoms with van der Waals surface area (Å²) in [5, 5.41) is 28.2. The lowest BCUT2D eigenvalue weighted by atomic mass is 9.94. The maximum atomic E-state index is 10.2. The van der Waals surface area contributed by atoms with Crippen molar-refractivity contribution in [2.75, 3.05) is 6.54 Å². The normalized spacial score (nSPS) is 13.3. The molecule has 0 aromatic rings. The fourth-order valence-electron chi connectivity index (χ4n) is 1.46. The summed E-state index contributed by atoms with van der Waals surface area (Å²) in [6, 6.07) is 0. The summed E-state index contributed by atoms with van der Waals surface area (Å²) < 4.78 is 0. The summed E-state index contributed by atoms with van der Waals surface area (Å²) >= 11 is 0. The molecular weight excluding hydrogens is 186 g/mol. The molecule has 4 N–H and O–H groups in total. The number of aliphatic hydroxyl groups excluding tert-OH is 1. The van der Waals surface area contributed by atoms with Gasteiger partial charge in [-0.05, 0) is 18.3 Å². The van der Waals surface area contributed by atoms with Crippen LogP contribution in [0.1, 0.15) is 26.7 Å². The first kappa shape index (κ1) is 13.2. The number of carbonyl (C=O) groups is 1. The molecule has 0 saturated carbocycles. The highest BCUT2D eigenvalue weighted by Crippen LogP contribution is 2.15. The molecule has 0 bridgehead atoms. The minimum atomic E-state index is -1.37. The van der Waals surface area contributed by atoms with Gasteiger partial charge in [0, 0.05) is 13.0 Å². The van der Waals surface area contributed by atoms with Gasteiger partial charge in [0.05, 0.1) is 0 Å². The molecule has 0 fully saturated rings. The van der Waals surface area contributed by atoms with Gasteiger partial charge in [0.1, 0.15) is 0 Å². The number of amides is 1. The van der Waals surface area contributed by atoms with Gasteiger partial charge in [-0.1, -0.05) is 13.8 Å². The average Bonchev–Trinajstić information content (AvgIpc) is 1.97. The van der Waals surface area contributed by atoms with E-state index in [1.54, 1.807) is 0 Å². The summed E-state index contributed by atoms with van der Waals surface area (Å²) in [4.78, 5) is 10.2. The molecule has 0 spiro atoms. The Morgan fingerprint density at radius 2 is 1.86 bits per heavy atom. The molecule has 14 heavy (non-hydrogen) atoms. The maximum absolute atomic E-state index is 10.2. The van der Waals surface area contributed by atoms with Crippen molar-refractivity contribution in [1.29, 1.82) is 0 Å². The van der Waals surface area contributed by atoms with Gasteiger partial charge < -0.3 is 20.6 Å². The predicted molar refractivity (Wildman–Crippen MR) is 51.8 cm³/mol. The average molecular weight is 205 g/mol. The summed E-state index contributed by atoms with van der Waals surface area (Å²) in [5.41, 5.74) is 0. The Bertz CT molecular complexity index is 160. The van der Waals surface area contributed by atoms with Crippen molar-refractivity contribution >= 4 is 6.09 Å². The topological polar surface area (TPSA) is 89.8 Å². The van der Waals surface area contributed by atoms with Crippen LogP contribution in [0.2, 0.25) is 0 Å². The van der Waals surface area contributed by atoms with Gasteiger partial charge >= 0.3 is 6.09 Å². The Morgan fingerprint density at radius 1 is 1.29 bits per heavy atom. The minimum absolute atomic E-state index is 0.0221. The SMILES string of the molecule is CC(C)C[C@@H](CNC(=O)O)CC(O)O. The van der Waals surface area contributed by atoms with E-state index in [4.69, 9.17) is 15.3 Å². The van der Waals surface area contributed by atoms with Crippen LogP contribution in [-0.2, 0) is 0 Å². The summed E-state index contributed by atoms with van der Waals surface area (Å²) in [6.07, 6.45) is -1.46. The van der Waals surface area contributed by atoms with E-state index in [1.807, 2.05) is 13.8 Å². The molecule has 0 saturated heterocycles. The summed E-state index contributed by atoms with van der Waals surface area (Å²) in [6.45, 7) is 4.29. The first-order valence-electron chi connectivity index (χ1n) is 4.74. The molecule has 84 valence electrons. The smallest absolute Gasteiger partial charge is 0.404 e. The molecule has 5 heteroatoms. The third-order valence-corrected chi connectivity index (χ3v) is 1.89. The molecule has 5 nitrogen and oxygen atoms in total. The number of rotatable bonds is 6. The molecule has 0 aliphatic rings. The molecule has 1 atom stereocenters. The van der Waals surface area contributed by atoms with Crippen LogP contribution in [0.5, 0.6) is 0 Å². The quantitative estimate of drug-likeness (QED) is 0.478. The highest BCUT2D eigenvalue weighted by atomic mass is 16.5. The lowest BCUT2D eigenvalue weighted by Crippen LogP contribution is -2.30. The Hall–Kier alpha value is -0.810. The Kier molecular flexibility index (Phi) is 6.23. The van der Waals surface area contributed by atoms with E-state index in [1.165, 1.54) is 0 Å². The van der Waals surface area contributed by atoms with Crippen LogP contribution in [0, 0.1) is 11.8 Å². The van der Waals surface area contributed by atoms with E-state index >= 15 is 0 Å². The van der Waals surface area contributed by atoms with Crippen LogP contribution in [0.3, 0.4) is 0 Å². The van der Waals surface area contributed by atoms with E-state index in [0.717, 1.165) is 6.42 Å². The van der Waals surface area contributed by atoms with Gasteiger partial charge in [0.2, 0.25) is 0 Å². The van der Waals surface area contributed by atoms with Crippen molar-refractivity contribution in [3.63, 3.8) is 0 Å². The van der Waals surface area contributed by atoms with Crippen molar-refractivity contribution in [3.05, 3.63) is 0 Å². The molecule has 1 amide bonds. The van der Waals surface area contributed by atoms with Gasteiger partial charge in [-0.15, -0.1) is 0 Å². The number of carboxylic acid groups (broad SMARTS) is 1. The fourth-order valence-corrected chi connectivity index (χ4v) is 1.46. The minimum Gasteiger partial charge on any atom is -0.465 e. The highest BCUT2D eigenvalue weighted by Gasteiger charge is 2.15. The Morgan fingerprint density at radius 3 is 2.21 bits per heavy atom. The van der Waals surface area contributed by atoms with Crippen molar-refractivity contribution in [3.8, 4) is 0 Å². The second-order valence-electron chi connectivity index (χ2n) is 3.90. The zero-order chi connectivity index (χ0) is 11.1. The van der Waals surface area contributed by atoms with Crippen molar-refractivity contribution in [1.82, 2.24) is 5.32 Å². The zero-order valence-corrected chi connectivity index (χ0v) is 8.60. The third kappa shape index (κ3) is 7.82. The highest BCUT2D eigenvalue weighted by molar-refractivity contribution is 5.64. The first-order chi connectivity index (χ1) is 6.41. The zero-order valence-electron chi connectivity index (χ0n) is 8.60. The van der Waals surface area contributed by atoms with Crippen molar-refractivity contribution < 1.29 is 20.1 Å². The van der Waals surface area contributed by atoms with Crippen LogP contribution in [0.25, 0.3) is 0 Å². The van der Waals surface area contributed by atoms with Gasteiger partial charge in [-0.2, -0.15) is 0 Å². The lowest BCUT2D eigenvalue weighted by molar-refractivity contribution is -0.0572. The van der Waals surface area contributed by atoms with Crippen LogP contribution in [0.4, 0.5) is 4.79 Å². The van der Waals surface area contributed by atoms with Crippen LogP contribution in [0.15, 0.2) is 0 Å². The maximum Gasteiger partial charge on any atom is 0.404 e. The van der Waals surface area contributed by atoms with Crippen LogP contribution >= 0.6 is 0 Å². The molecule has 0 aromatic heterocycles. The standard InChI is InChI=1S/C9H19NO4/c1-6(2)3-7(4-8(11)12)5-10-9(13)14/h6-8,10-12H,3-5H2,1-2H3,(H,13,14)/t7-/m1/s1. The van der Waals surface area contributed by atoms with E-state index in [9.17, 15) is 4.79 Å². The van der Waals surface area contributed by atoms with Gasteiger partial charge in [0.15, 0.2) is 6.29 Å².